The standard InChI is InChI=1S/C17H16N2OS/c1-11-7-6-8-12(2)15(11)19-16(20)13-9-4-5-10-14(13)18-17(19)21-3/h4-10H,1-3H3. The van der Waals surface area contributed by atoms with E-state index in [1.165, 1.54) is 11.8 Å². The van der Waals surface area contributed by atoms with Crippen molar-refractivity contribution in [3.63, 3.8) is 0 Å². The summed E-state index contributed by atoms with van der Waals surface area (Å²) in [6.07, 6.45) is 1.95. The second-order valence-corrected chi connectivity index (χ2v) is 5.77. The Bertz CT molecular complexity index is 863. The maximum Gasteiger partial charge on any atom is 0.266 e. The number of aryl methyl sites for hydroxylation is 2. The lowest BCUT2D eigenvalue weighted by atomic mass is 10.1. The molecular weight excluding hydrogens is 280 g/mol. The topological polar surface area (TPSA) is 34.9 Å². The van der Waals surface area contributed by atoms with Gasteiger partial charge in [0.25, 0.3) is 5.56 Å². The van der Waals surface area contributed by atoms with Crippen LogP contribution in [0.5, 0.6) is 0 Å². The second-order valence-electron chi connectivity index (χ2n) is 5.00. The minimum Gasteiger partial charge on any atom is -0.268 e. The Morgan fingerprint density at radius 1 is 1.00 bits per heavy atom. The number of hydrogen-bond acceptors (Lipinski definition) is 3. The van der Waals surface area contributed by atoms with E-state index in [0.717, 1.165) is 27.5 Å². The first-order valence-corrected chi connectivity index (χ1v) is 7.98. The van der Waals surface area contributed by atoms with E-state index in [1.807, 2.05) is 62.6 Å². The van der Waals surface area contributed by atoms with Gasteiger partial charge in [0.1, 0.15) is 0 Å². The third-order valence-corrected chi connectivity index (χ3v) is 4.23. The summed E-state index contributed by atoms with van der Waals surface area (Å²) < 4.78 is 1.73. The van der Waals surface area contributed by atoms with Crippen LogP contribution >= 0.6 is 11.8 Å². The first kappa shape index (κ1) is 13.9. The van der Waals surface area contributed by atoms with Gasteiger partial charge < -0.3 is 0 Å². The molecule has 0 atom stereocenters. The molecular formula is C17H16N2OS. The van der Waals surface area contributed by atoms with Crippen molar-refractivity contribution in [2.24, 2.45) is 0 Å². The van der Waals surface area contributed by atoms with E-state index in [1.54, 1.807) is 4.57 Å². The molecule has 2 aromatic carbocycles. The Morgan fingerprint density at radius 3 is 2.33 bits per heavy atom. The summed E-state index contributed by atoms with van der Waals surface area (Å²) in [6, 6.07) is 13.5. The number of thioether (sulfide) groups is 1. The van der Waals surface area contributed by atoms with Gasteiger partial charge in [0.2, 0.25) is 0 Å². The highest BCUT2D eigenvalue weighted by Crippen LogP contribution is 2.23. The maximum absolute atomic E-state index is 12.9. The smallest absolute Gasteiger partial charge is 0.266 e. The van der Waals surface area contributed by atoms with E-state index in [4.69, 9.17) is 0 Å². The minimum atomic E-state index is -0.0117. The Morgan fingerprint density at radius 2 is 1.67 bits per heavy atom. The average molecular weight is 296 g/mol. The van der Waals surface area contributed by atoms with Gasteiger partial charge in [-0.3, -0.25) is 9.36 Å². The summed E-state index contributed by atoms with van der Waals surface area (Å²) in [7, 11) is 0. The molecule has 4 heteroatoms. The normalized spacial score (nSPS) is 11.0. The fourth-order valence-corrected chi connectivity index (χ4v) is 3.15. The van der Waals surface area contributed by atoms with Gasteiger partial charge in [0.15, 0.2) is 5.16 Å². The second kappa shape index (κ2) is 5.37. The first-order chi connectivity index (χ1) is 10.1. The molecule has 0 aliphatic carbocycles. The van der Waals surface area contributed by atoms with E-state index in [-0.39, 0.29) is 5.56 Å². The predicted octanol–water partition coefficient (Wildman–Crippen LogP) is 3.72. The third-order valence-electron chi connectivity index (χ3n) is 3.59. The summed E-state index contributed by atoms with van der Waals surface area (Å²) in [5, 5.41) is 1.37. The van der Waals surface area contributed by atoms with Crippen LogP contribution in [0.1, 0.15) is 11.1 Å². The van der Waals surface area contributed by atoms with Crippen LogP contribution in [0.15, 0.2) is 52.4 Å². The molecule has 0 aliphatic rings. The summed E-state index contributed by atoms with van der Waals surface area (Å²) in [5.41, 5.74) is 3.82. The molecule has 1 heterocycles. The fraction of sp³-hybridized carbons (Fsp3) is 0.176. The molecule has 21 heavy (non-hydrogen) atoms. The lowest BCUT2D eigenvalue weighted by Gasteiger charge is -2.16. The highest BCUT2D eigenvalue weighted by Gasteiger charge is 2.14. The molecule has 106 valence electrons. The lowest BCUT2D eigenvalue weighted by Crippen LogP contribution is -2.23. The highest BCUT2D eigenvalue weighted by molar-refractivity contribution is 7.98. The van der Waals surface area contributed by atoms with Gasteiger partial charge in [-0.15, -0.1) is 0 Å². The zero-order valence-electron chi connectivity index (χ0n) is 12.3. The number of para-hydroxylation sites is 2. The number of fused-ring (bicyclic) bond motifs is 1. The van der Waals surface area contributed by atoms with Crippen molar-refractivity contribution in [1.82, 2.24) is 9.55 Å². The van der Waals surface area contributed by atoms with E-state index in [0.29, 0.717) is 5.39 Å². The van der Waals surface area contributed by atoms with Gasteiger partial charge in [-0.1, -0.05) is 42.1 Å². The van der Waals surface area contributed by atoms with Crippen LogP contribution in [-0.2, 0) is 0 Å². The molecule has 0 N–H and O–H groups in total. The maximum atomic E-state index is 12.9. The molecule has 0 aliphatic heterocycles. The Balaban J connectivity index is 2.47. The molecule has 3 rings (SSSR count). The molecule has 0 fully saturated rings. The van der Waals surface area contributed by atoms with Crippen LogP contribution in [0, 0.1) is 13.8 Å². The summed E-state index contributed by atoms with van der Waals surface area (Å²) in [6.45, 7) is 4.04. The average Bonchev–Trinajstić information content (AvgIpc) is 2.49. The van der Waals surface area contributed by atoms with Gasteiger partial charge >= 0.3 is 0 Å². The molecule has 3 nitrogen and oxygen atoms in total. The van der Waals surface area contributed by atoms with Crippen LogP contribution in [0.25, 0.3) is 16.6 Å². The predicted molar refractivity (Wildman–Crippen MR) is 88.6 cm³/mol. The molecule has 1 aromatic heterocycles. The largest absolute Gasteiger partial charge is 0.268 e. The van der Waals surface area contributed by atoms with Crippen molar-refractivity contribution in [1.29, 1.82) is 0 Å². The van der Waals surface area contributed by atoms with Crippen LogP contribution in [0.2, 0.25) is 0 Å². The van der Waals surface area contributed by atoms with Crippen molar-refractivity contribution < 1.29 is 0 Å². The van der Waals surface area contributed by atoms with Gasteiger partial charge in [0, 0.05) is 0 Å². The third kappa shape index (κ3) is 2.25. The fourth-order valence-electron chi connectivity index (χ4n) is 2.60. The Kier molecular flexibility index (Phi) is 3.55. The van der Waals surface area contributed by atoms with Crippen LogP contribution in [0.3, 0.4) is 0 Å². The Labute approximate surface area is 127 Å². The number of nitrogens with zero attached hydrogens (tertiary/aromatic N) is 2. The molecule has 0 saturated carbocycles. The van der Waals surface area contributed by atoms with Gasteiger partial charge in [-0.05, 0) is 43.4 Å². The summed E-state index contributed by atoms with van der Waals surface area (Å²) in [4.78, 5) is 17.6. The van der Waals surface area contributed by atoms with Gasteiger partial charge in [-0.25, -0.2) is 4.98 Å². The van der Waals surface area contributed by atoms with E-state index >= 15 is 0 Å². The van der Waals surface area contributed by atoms with Gasteiger partial charge in [0.05, 0.1) is 16.6 Å². The minimum absolute atomic E-state index is 0.0117. The molecule has 0 bridgehead atoms. The Hall–Kier alpha value is -2.07. The number of benzene rings is 2. The van der Waals surface area contributed by atoms with Crippen molar-refractivity contribution in [2.45, 2.75) is 19.0 Å². The molecule has 0 spiro atoms. The zero-order chi connectivity index (χ0) is 15.0. The quantitative estimate of drug-likeness (QED) is 0.534. The van der Waals surface area contributed by atoms with Crippen molar-refractivity contribution in [3.05, 3.63) is 63.9 Å². The molecule has 3 aromatic rings. The van der Waals surface area contributed by atoms with E-state index < -0.39 is 0 Å². The first-order valence-electron chi connectivity index (χ1n) is 6.76. The van der Waals surface area contributed by atoms with E-state index in [9.17, 15) is 4.79 Å². The van der Waals surface area contributed by atoms with Crippen molar-refractivity contribution in [3.8, 4) is 5.69 Å². The van der Waals surface area contributed by atoms with Crippen molar-refractivity contribution >= 4 is 22.7 Å². The van der Waals surface area contributed by atoms with Gasteiger partial charge in [-0.2, -0.15) is 0 Å². The van der Waals surface area contributed by atoms with Crippen LogP contribution in [0.4, 0.5) is 0 Å². The van der Waals surface area contributed by atoms with Crippen LogP contribution < -0.4 is 5.56 Å². The number of hydrogen-bond donors (Lipinski definition) is 0. The lowest BCUT2D eigenvalue weighted by molar-refractivity contribution is 0.810. The van der Waals surface area contributed by atoms with E-state index in [2.05, 4.69) is 4.98 Å². The number of aromatic nitrogens is 2. The summed E-state index contributed by atoms with van der Waals surface area (Å²) >= 11 is 1.49. The van der Waals surface area contributed by atoms with Crippen molar-refractivity contribution in [2.75, 3.05) is 6.26 Å². The molecule has 0 unspecified atom stereocenters. The number of rotatable bonds is 2. The molecule has 0 radical (unpaired) electrons. The highest BCUT2D eigenvalue weighted by atomic mass is 32.2. The molecule has 0 amide bonds. The zero-order valence-corrected chi connectivity index (χ0v) is 13.1. The monoisotopic (exact) mass is 296 g/mol. The van der Waals surface area contributed by atoms with Crippen LogP contribution in [-0.4, -0.2) is 15.8 Å². The molecule has 0 saturated heterocycles. The summed E-state index contributed by atoms with van der Waals surface area (Å²) in [5.74, 6) is 0. The SMILES string of the molecule is CSc1nc2ccccc2c(=O)n1-c1c(C)cccc1C.